The maximum atomic E-state index is 6.27. The Morgan fingerprint density at radius 3 is 2.58 bits per heavy atom. The molecule has 2 aromatic rings. The van der Waals surface area contributed by atoms with Gasteiger partial charge in [0.15, 0.2) is 0 Å². The lowest BCUT2D eigenvalue weighted by Crippen LogP contribution is -2.10. The number of rotatable bonds is 5. The third-order valence-corrected chi connectivity index (χ3v) is 3.18. The molecule has 2 N–H and O–H groups in total. The highest BCUT2D eigenvalue weighted by atomic mass is 15.3. The van der Waals surface area contributed by atoms with E-state index >= 15 is 0 Å². The second-order valence-electron chi connectivity index (χ2n) is 5.20. The fraction of sp³-hybridized carbons (Fsp3) is 0.571. The van der Waals surface area contributed by atoms with Crippen LogP contribution in [0.4, 0.5) is 5.82 Å². The van der Waals surface area contributed by atoms with E-state index in [9.17, 15) is 0 Å². The lowest BCUT2D eigenvalue weighted by molar-refractivity contribution is 0.513. The van der Waals surface area contributed by atoms with Crippen molar-refractivity contribution < 1.29 is 0 Å². The van der Waals surface area contributed by atoms with Crippen LogP contribution < -0.4 is 5.73 Å². The number of anilines is 1. The van der Waals surface area contributed by atoms with E-state index in [1.807, 2.05) is 17.1 Å². The minimum Gasteiger partial charge on any atom is -0.383 e. The van der Waals surface area contributed by atoms with E-state index in [0.717, 1.165) is 42.4 Å². The van der Waals surface area contributed by atoms with Gasteiger partial charge in [0.1, 0.15) is 17.3 Å². The van der Waals surface area contributed by atoms with Crippen LogP contribution >= 0.6 is 0 Å². The van der Waals surface area contributed by atoms with Crippen LogP contribution in [-0.4, -0.2) is 19.3 Å². The first-order chi connectivity index (χ1) is 9.06. The first-order valence-electron chi connectivity index (χ1n) is 6.94. The van der Waals surface area contributed by atoms with Crippen molar-refractivity contribution in [2.24, 2.45) is 5.92 Å². The van der Waals surface area contributed by atoms with Gasteiger partial charge in [-0.2, -0.15) is 5.10 Å². The molecule has 0 aliphatic rings. The van der Waals surface area contributed by atoms with Gasteiger partial charge in [-0.1, -0.05) is 20.8 Å². The molecule has 19 heavy (non-hydrogen) atoms. The minimum atomic E-state index is 0.549. The van der Waals surface area contributed by atoms with Crippen molar-refractivity contribution in [3.05, 3.63) is 18.2 Å². The second-order valence-corrected chi connectivity index (χ2v) is 5.20. The molecule has 0 unspecified atom stereocenters. The minimum absolute atomic E-state index is 0.549. The fourth-order valence-corrected chi connectivity index (χ4v) is 2.22. The highest BCUT2D eigenvalue weighted by Crippen LogP contribution is 2.27. The summed E-state index contributed by atoms with van der Waals surface area (Å²) < 4.78 is 4.02. The quantitative estimate of drug-likeness (QED) is 0.899. The monoisotopic (exact) mass is 261 g/mol. The topological polar surface area (TPSA) is 61.7 Å². The average molecular weight is 261 g/mol. The number of hydrogen-bond donors (Lipinski definition) is 1. The van der Waals surface area contributed by atoms with Crippen molar-refractivity contribution in [3.8, 4) is 11.3 Å². The van der Waals surface area contributed by atoms with E-state index in [-0.39, 0.29) is 0 Å². The van der Waals surface area contributed by atoms with E-state index in [0.29, 0.717) is 5.92 Å². The first-order valence-corrected chi connectivity index (χ1v) is 6.94. The van der Waals surface area contributed by atoms with Crippen molar-refractivity contribution in [3.63, 3.8) is 0 Å². The molecule has 0 saturated carbocycles. The molecule has 0 saturated heterocycles. The molecule has 0 aromatic carbocycles. The normalized spacial score (nSPS) is 11.4. The molecule has 0 aliphatic carbocycles. The van der Waals surface area contributed by atoms with Crippen LogP contribution in [-0.2, 0) is 19.5 Å². The predicted molar refractivity (Wildman–Crippen MR) is 77.8 cm³/mol. The Bertz CT molecular complexity index is 550. The van der Waals surface area contributed by atoms with Gasteiger partial charge in [-0.15, -0.1) is 0 Å². The van der Waals surface area contributed by atoms with Gasteiger partial charge in [-0.3, -0.25) is 4.68 Å². The molecule has 5 heteroatoms. The molecule has 0 amide bonds. The van der Waals surface area contributed by atoms with Gasteiger partial charge in [-0.05, 0) is 12.8 Å². The summed E-state index contributed by atoms with van der Waals surface area (Å²) in [5, 5.41) is 4.29. The summed E-state index contributed by atoms with van der Waals surface area (Å²) in [7, 11) is 0. The van der Waals surface area contributed by atoms with Crippen LogP contribution in [0.2, 0.25) is 0 Å². The zero-order valence-electron chi connectivity index (χ0n) is 12.2. The molecular weight excluding hydrogens is 238 g/mol. The van der Waals surface area contributed by atoms with Crippen LogP contribution in [0, 0.1) is 5.92 Å². The average Bonchev–Trinajstić information content (AvgIpc) is 2.95. The van der Waals surface area contributed by atoms with Gasteiger partial charge < -0.3 is 10.3 Å². The van der Waals surface area contributed by atoms with Crippen LogP contribution in [0.3, 0.4) is 0 Å². The van der Waals surface area contributed by atoms with Crippen molar-refractivity contribution in [1.29, 1.82) is 0 Å². The van der Waals surface area contributed by atoms with Gasteiger partial charge >= 0.3 is 0 Å². The standard InChI is InChI=1S/C14H23N5/c1-5-12-17-13(11-7-16-18(6-2)9-11)14(15)19(12)8-10(3)4/h7,9-10H,5-6,8,15H2,1-4H3. The molecule has 5 nitrogen and oxygen atoms in total. The fourth-order valence-electron chi connectivity index (χ4n) is 2.22. The van der Waals surface area contributed by atoms with Crippen LogP contribution in [0.15, 0.2) is 12.4 Å². The van der Waals surface area contributed by atoms with Gasteiger partial charge in [0.05, 0.1) is 6.20 Å². The Balaban J connectivity index is 2.43. The van der Waals surface area contributed by atoms with Gasteiger partial charge in [0, 0.05) is 31.3 Å². The summed E-state index contributed by atoms with van der Waals surface area (Å²) in [5.74, 6) is 2.35. The largest absolute Gasteiger partial charge is 0.383 e. The van der Waals surface area contributed by atoms with Crippen molar-refractivity contribution in [2.45, 2.75) is 47.2 Å². The van der Waals surface area contributed by atoms with Crippen molar-refractivity contribution >= 4 is 5.82 Å². The number of nitrogen functional groups attached to an aromatic ring is 1. The lowest BCUT2D eigenvalue weighted by atomic mass is 10.2. The first kappa shape index (κ1) is 13.6. The number of aryl methyl sites for hydroxylation is 2. The number of nitrogens with zero attached hydrogens (tertiary/aromatic N) is 4. The predicted octanol–water partition coefficient (Wildman–Crippen LogP) is 2.57. The Morgan fingerprint density at radius 2 is 2.05 bits per heavy atom. The van der Waals surface area contributed by atoms with Gasteiger partial charge in [0.25, 0.3) is 0 Å². The molecular formula is C14H23N5. The van der Waals surface area contributed by atoms with Crippen molar-refractivity contribution in [1.82, 2.24) is 19.3 Å². The van der Waals surface area contributed by atoms with Gasteiger partial charge in [0.2, 0.25) is 0 Å². The molecule has 2 heterocycles. The Labute approximate surface area is 114 Å². The summed E-state index contributed by atoms with van der Waals surface area (Å²) in [6.45, 7) is 10.3. The van der Waals surface area contributed by atoms with Crippen molar-refractivity contribution in [2.75, 3.05) is 5.73 Å². The molecule has 0 atom stereocenters. The van der Waals surface area contributed by atoms with E-state index in [2.05, 4.69) is 42.3 Å². The smallest absolute Gasteiger partial charge is 0.131 e. The Hall–Kier alpha value is -1.78. The molecule has 0 bridgehead atoms. The number of hydrogen-bond acceptors (Lipinski definition) is 3. The Kier molecular flexibility index (Phi) is 3.93. The number of aromatic nitrogens is 4. The highest BCUT2D eigenvalue weighted by molar-refractivity contribution is 5.70. The molecule has 0 fully saturated rings. The SMILES string of the molecule is CCc1nc(-c2cnn(CC)c2)c(N)n1CC(C)C. The number of imidazole rings is 1. The summed E-state index contributed by atoms with van der Waals surface area (Å²) in [4.78, 5) is 4.68. The van der Waals surface area contributed by atoms with E-state index < -0.39 is 0 Å². The highest BCUT2D eigenvalue weighted by Gasteiger charge is 2.16. The summed E-state index contributed by atoms with van der Waals surface area (Å²) in [6.07, 6.45) is 4.72. The molecule has 104 valence electrons. The molecule has 2 aromatic heterocycles. The third kappa shape index (κ3) is 2.64. The second kappa shape index (κ2) is 5.47. The van der Waals surface area contributed by atoms with E-state index in [4.69, 9.17) is 5.73 Å². The lowest BCUT2D eigenvalue weighted by Gasteiger charge is -2.11. The zero-order valence-corrected chi connectivity index (χ0v) is 12.2. The van der Waals surface area contributed by atoms with Crippen LogP contribution in [0.25, 0.3) is 11.3 Å². The molecule has 0 spiro atoms. The summed E-state index contributed by atoms with van der Waals surface area (Å²) in [5.41, 5.74) is 8.13. The molecule has 0 aliphatic heterocycles. The molecule has 2 rings (SSSR count). The summed E-state index contributed by atoms with van der Waals surface area (Å²) in [6, 6.07) is 0. The molecule has 0 radical (unpaired) electrons. The third-order valence-electron chi connectivity index (χ3n) is 3.18. The maximum Gasteiger partial charge on any atom is 0.131 e. The maximum absolute atomic E-state index is 6.27. The zero-order chi connectivity index (χ0) is 14.0. The van der Waals surface area contributed by atoms with Crippen LogP contribution in [0.1, 0.15) is 33.5 Å². The van der Waals surface area contributed by atoms with E-state index in [1.165, 1.54) is 0 Å². The van der Waals surface area contributed by atoms with Gasteiger partial charge in [-0.25, -0.2) is 4.98 Å². The number of nitrogens with two attached hydrogens (primary N) is 1. The van der Waals surface area contributed by atoms with E-state index in [1.54, 1.807) is 0 Å². The summed E-state index contributed by atoms with van der Waals surface area (Å²) >= 11 is 0. The van der Waals surface area contributed by atoms with Crippen LogP contribution in [0.5, 0.6) is 0 Å². The Morgan fingerprint density at radius 1 is 1.32 bits per heavy atom.